The fraction of sp³-hybridized carbons (Fsp3) is 1.00. The number of hydrogen-bond donors (Lipinski definition) is 1. The number of fused-ring (bicyclic) bond motifs is 1. The largest absolute Gasteiger partial charge is 0.377 e. The van der Waals surface area contributed by atoms with E-state index in [1.165, 1.54) is 13.0 Å². The van der Waals surface area contributed by atoms with Gasteiger partial charge in [-0.15, -0.1) is 0 Å². The maximum atomic E-state index is 5.63. The van der Waals surface area contributed by atoms with Crippen LogP contribution in [0.2, 0.25) is 0 Å². The summed E-state index contributed by atoms with van der Waals surface area (Å²) in [5.41, 5.74) is 0. The molecule has 1 N–H and O–H groups in total. The quantitative estimate of drug-likeness (QED) is 0.634. The van der Waals surface area contributed by atoms with E-state index >= 15 is 0 Å². The van der Waals surface area contributed by atoms with Gasteiger partial charge in [-0.3, -0.25) is 4.90 Å². The predicted molar refractivity (Wildman–Crippen MR) is 48.3 cm³/mol. The average molecular weight is 170 g/mol. The van der Waals surface area contributed by atoms with E-state index in [4.69, 9.17) is 4.74 Å². The van der Waals surface area contributed by atoms with Gasteiger partial charge in [0.25, 0.3) is 0 Å². The Labute approximate surface area is 74.1 Å². The van der Waals surface area contributed by atoms with E-state index in [-0.39, 0.29) is 0 Å². The second-order valence-electron chi connectivity index (χ2n) is 3.67. The smallest absolute Gasteiger partial charge is 0.0717 e. The third-order valence-electron chi connectivity index (χ3n) is 2.85. The van der Waals surface area contributed by atoms with Crippen molar-refractivity contribution in [1.82, 2.24) is 10.2 Å². The van der Waals surface area contributed by atoms with Crippen LogP contribution in [0.4, 0.5) is 0 Å². The molecule has 0 aromatic carbocycles. The van der Waals surface area contributed by atoms with Crippen molar-refractivity contribution in [3.05, 3.63) is 0 Å². The lowest BCUT2D eigenvalue weighted by molar-refractivity contribution is 0.0691. The zero-order chi connectivity index (χ0) is 8.39. The average Bonchev–Trinajstić information content (AvgIpc) is 2.47. The Kier molecular flexibility index (Phi) is 2.63. The molecule has 12 heavy (non-hydrogen) atoms. The molecule has 0 spiro atoms. The normalized spacial score (nSPS) is 36.8. The summed E-state index contributed by atoms with van der Waals surface area (Å²) in [5.74, 6) is 0. The van der Waals surface area contributed by atoms with Crippen molar-refractivity contribution in [2.24, 2.45) is 0 Å². The second-order valence-corrected chi connectivity index (χ2v) is 3.67. The zero-order valence-corrected chi connectivity index (χ0v) is 7.75. The summed E-state index contributed by atoms with van der Waals surface area (Å²) in [6.07, 6.45) is 1.72. The Morgan fingerprint density at radius 1 is 1.58 bits per heavy atom. The lowest BCUT2D eigenvalue weighted by Gasteiger charge is -2.29. The fourth-order valence-electron chi connectivity index (χ4n) is 2.27. The van der Waals surface area contributed by atoms with Gasteiger partial charge in [-0.25, -0.2) is 0 Å². The van der Waals surface area contributed by atoms with Gasteiger partial charge >= 0.3 is 0 Å². The molecule has 2 saturated heterocycles. The molecule has 2 atom stereocenters. The molecule has 2 fully saturated rings. The summed E-state index contributed by atoms with van der Waals surface area (Å²) < 4.78 is 5.63. The van der Waals surface area contributed by atoms with E-state index in [0.29, 0.717) is 6.10 Å². The van der Waals surface area contributed by atoms with E-state index in [0.717, 1.165) is 32.3 Å². The molecule has 0 amide bonds. The fourth-order valence-corrected chi connectivity index (χ4v) is 2.27. The Bertz CT molecular complexity index is 137. The molecule has 2 aliphatic rings. The Morgan fingerprint density at radius 3 is 3.25 bits per heavy atom. The zero-order valence-electron chi connectivity index (χ0n) is 7.75. The van der Waals surface area contributed by atoms with Crippen LogP contribution < -0.4 is 5.32 Å². The standard InChI is InChI=1S/C9H18N2O/c1-2-12-9-5-8-6-10-3-4-11(8)7-9/h8-10H,2-7H2,1H3/t8-,9-/m0/s1. The van der Waals surface area contributed by atoms with Gasteiger partial charge in [-0.1, -0.05) is 0 Å². The first kappa shape index (κ1) is 8.48. The molecular weight excluding hydrogens is 152 g/mol. The highest BCUT2D eigenvalue weighted by molar-refractivity contribution is 4.90. The monoisotopic (exact) mass is 170 g/mol. The van der Waals surface area contributed by atoms with Gasteiger partial charge in [-0.2, -0.15) is 0 Å². The lowest BCUT2D eigenvalue weighted by Crippen LogP contribution is -2.47. The minimum atomic E-state index is 0.500. The van der Waals surface area contributed by atoms with Crippen LogP contribution in [0.5, 0.6) is 0 Å². The van der Waals surface area contributed by atoms with Crippen molar-refractivity contribution < 1.29 is 4.74 Å². The van der Waals surface area contributed by atoms with Gasteiger partial charge in [0, 0.05) is 38.8 Å². The van der Waals surface area contributed by atoms with Crippen LogP contribution in [0.25, 0.3) is 0 Å². The summed E-state index contributed by atoms with van der Waals surface area (Å²) in [7, 11) is 0. The van der Waals surface area contributed by atoms with Crippen LogP contribution >= 0.6 is 0 Å². The first-order valence-corrected chi connectivity index (χ1v) is 4.96. The SMILES string of the molecule is CCO[C@H]1C[C@H]2CNCCN2C1. The second kappa shape index (κ2) is 3.73. The Morgan fingerprint density at radius 2 is 2.50 bits per heavy atom. The minimum absolute atomic E-state index is 0.500. The molecule has 0 bridgehead atoms. The topological polar surface area (TPSA) is 24.5 Å². The Balaban J connectivity index is 1.85. The predicted octanol–water partition coefficient (Wildman–Crippen LogP) is 0.0690. The van der Waals surface area contributed by atoms with Crippen molar-refractivity contribution in [3.8, 4) is 0 Å². The van der Waals surface area contributed by atoms with Gasteiger partial charge in [0.05, 0.1) is 6.10 Å². The molecule has 2 heterocycles. The van der Waals surface area contributed by atoms with Crippen LogP contribution in [0.15, 0.2) is 0 Å². The van der Waals surface area contributed by atoms with Crippen molar-refractivity contribution in [3.63, 3.8) is 0 Å². The molecule has 0 aromatic rings. The van der Waals surface area contributed by atoms with Crippen LogP contribution in [0.1, 0.15) is 13.3 Å². The van der Waals surface area contributed by atoms with E-state index in [2.05, 4.69) is 17.1 Å². The summed E-state index contributed by atoms with van der Waals surface area (Å²) in [6.45, 7) is 7.60. The van der Waals surface area contributed by atoms with Crippen LogP contribution in [-0.4, -0.2) is 49.8 Å². The molecule has 70 valence electrons. The number of nitrogens with zero attached hydrogens (tertiary/aromatic N) is 1. The highest BCUT2D eigenvalue weighted by Gasteiger charge is 2.33. The Hall–Kier alpha value is -0.120. The van der Waals surface area contributed by atoms with Gasteiger partial charge in [0.2, 0.25) is 0 Å². The molecule has 2 aliphatic heterocycles. The van der Waals surface area contributed by atoms with Gasteiger partial charge in [0.1, 0.15) is 0 Å². The highest BCUT2D eigenvalue weighted by atomic mass is 16.5. The molecule has 0 unspecified atom stereocenters. The van der Waals surface area contributed by atoms with Crippen molar-refractivity contribution in [2.45, 2.75) is 25.5 Å². The number of rotatable bonds is 2. The number of ether oxygens (including phenoxy) is 1. The third kappa shape index (κ3) is 1.63. The van der Waals surface area contributed by atoms with E-state index in [1.54, 1.807) is 0 Å². The summed E-state index contributed by atoms with van der Waals surface area (Å²) in [5, 5.41) is 3.42. The van der Waals surface area contributed by atoms with E-state index < -0.39 is 0 Å². The first-order chi connectivity index (χ1) is 5.90. The first-order valence-electron chi connectivity index (χ1n) is 4.96. The number of nitrogens with one attached hydrogen (secondary N) is 1. The molecule has 2 rings (SSSR count). The van der Waals surface area contributed by atoms with Crippen LogP contribution in [0.3, 0.4) is 0 Å². The molecule has 3 nitrogen and oxygen atoms in total. The van der Waals surface area contributed by atoms with Crippen molar-refractivity contribution in [1.29, 1.82) is 0 Å². The molecule has 0 aliphatic carbocycles. The molecule has 0 radical (unpaired) electrons. The maximum Gasteiger partial charge on any atom is 0.0717 e. The van der Waals surface area contributed by atoms with Gasteiger partial charge in [0.15, 0.2) is 0 Å². The molecule has 3 heteroatoms. The van der Waals surface area contributed by atoms with Crippen LogP contribution in [0, 0.1) is 0 Å². The van der Waals surface area contributed by atoms with E-state index in [1.807, 2.05) is 0 Å². The summed E-state index contributed by atoms with van der Waals surface area (Å²) in [6, 6.07) is 0.746. The third-order valence-corrected chi connectivity index (χ3v) is 2.85. The van der Waals surface area contributed by atoms with Crippen molar-refractivity contribution >= 4 is 0 Å². The minimum Gasteiger partial charge on any atom is -0.377 e. The summed E-state index contributed by atoms with van der Waals surface area (Å²) in [4.78, 5) is 2.55. The lowest BCUT2D eigenvalue weighted by atomic mass is 10.2. The number of hydrogen-bond acceptors (Lipinski definition) is 3. The van der Waals surface area contributed by atoms with Gasteiger partial charge < -0.3 is 10.1 Å². The highest BCUT2D eigenvalue weighted by Crippen LogP contribution is 2.20. The molecular formula is C9H18N2O. The van der Waals surface area contributed by atoms with Crippen LogP contribution in [-0.2, 0) is 4.74 Å². The molecule has 0 saturated carbocycles. The summed E-state index contributed by atoms with van der Waals surface area (Å²) >= 11 is 0. The number of piperazine rings is 1. The maximum absolute atomic E-state index is 5.63. The molecule has 0 aromatic heterocycles. The van der Waals surface area contributed by atoms with Gasteiger partial charge in [-0.05, 0) is 13.3 Å². The van der Waals surface area contributed by atoms with E-state index in [9.17, 15) is 0 Å². The van der Waals surface area contributed by atoms with Crippen molar-refractivity contribution in [2.75, 3.05) is 32.8 Å².